The lowest BCUT2D eigenvalue weighted by Gasteiger charge is -2.08. The van der Waals surface area contributed by atoms with E-state index < -0.39 is 9.85 Å². The zero-order chi connectivity index (χ0) is 17.0. The van der Waals surface area contributed by atoms with Crippen LogP contribution < -0.4 is 5.32 Å². The van der Waals surface area contributed by atoms with Crippen molar-refractivity contribution in [3.63, 3.8) is 0 Å². The Balaban J connectivity index is 2.42. The second-order valence-corrected chi connectivity index (χ2v) is 5.41. The largest absolute Gasteiger partial charge is 0.324 e. The highest BCUT2D eigenvalue weighted by Gasteiger charge is 2.21. The standard InChI is InChI=1S/C13H10N4O5S/c1-8(18)15-10-7-14-5-4-12(10)23-13-3-2-9(16(19)20)6-11(13)17(21)22/h2-7H,1H3,(H,15,18). The number of carbonyl (C=O) groups is 1. The molecule has 0 unspecified atom stereocenters. The van der Waals surface area contributed by atoms with Gasteiger partial charge in [-0.25, -0.2) is 0 Å². The van der Waals surface area contributed by atoms with Crippen LogP contribution in [0.5, 0.6) is 0 Å². The summed E-state index contributed by atoms with van der Waals surface area (Å²) in [6.45, 7) is 1.33. The lowest BCUT2D eigenvalue weighted by molar-refractivity contribution is -0.396. The number of aromatic nitrogens is 1. The second-order valence-electron chi connectivity index (χ2n) is 4.32. The molecular formula is C13H10N4O5S. The molecule has 10 heteroatoms. The minimum atomic E-state index is -0.698. The zero-order valence-electron chi connectivity index (χ0n) is 11.8. The molecule has 1 N–H and O–H groups in total. The Kier molecular flexibility index (Phi) is 4.86. The van der Waals surface area contributed by atoms with Crippen molar-refractivity contribution in [2.24, 2.45) is 0 Å². The van der Waals surface area contributed by atoms with Crippen molar-refractivity contribution in [1.82, 2.24) is 4.98 Å². The maximum Gasteiger partial charge on any atom is 0.290 e. The zero-order valence-corrected chi connectivity index (χ0v) is 12.6. The Hall–Kier alpha value is -3.01. The fourth-order valence-corrected chi connectivity index (χ4v) is 2.67. The maximum atomic E-state index is 11.2. The highest BCUT2D eigenvalue weighted by atomic mass is 32.2. The number of hydrogen-bond donors (Lipinski definition) is 1. The van der Waals surface area contributed by atoms with Crippen LogP contribution in [0.1, 0.15) is 6.92 Å². The average molecular weight is 334 g/mol. The molecule has 1 aromatic carbocycles. The molecule has 1 amide bonds. The van der Waals surface area contributed by atoms with Gasteiger partial charge >= 0.3 is 0 Å². The SMILES string of the molecule is CC(=O)Nc1cnccc1Sc1ccc([N+](=O)[O-])cc1[N+](=O)[O-]. The lowest BCUT2D eigenvalue weighted by atomic mass is 10.3. The van der Waals surface area contributed by atoms with E-state index in [2.05, 4.69) is 10.3 Å². The van der Waals surface area contributed by atoms with Gasteiger partial charge in [-0.05, 0) is 12.1 Å². The smallest absolute Gasteiger partial charge is 0.290 e. The van der Waals surface area contributed by atoms with Crippen molar-refractivity contribution in [1.29, 1.82) is 0 Å². The fourth-order valence-electron chi connectivity index (χ4n) is 1.72. The molecule has 2 aromatic rings. The number of non-ortho nitro benzene ring substituents is 1. The lowest BCUT2D eigenvalue weighted by Crippen LogP contribution is -2.07. The van der Waals surface area contributed by atoms with Crippen molar-refractivity contribution in [3.8, 4) is 0 Å². The van der Waals surface area contributed by atoms with Gasteiger partial charge in [-0.3, -0.25) is 30.0 Å². The number of hydrogen-bond acceptors (Lipinski definition) is 7. The molecule has 0 atom stereocenters. The van der Waals surface area contributed by atoms with Crippen LogP contribution in [0.15, 0.2) is 46.5 Å². The first-order chi connectivity index (χ1) is 10.9. The average Bonchev–Trinajstić information content (AvgIpc) is 2.48. The van der Waals surface area contributed by atoms with E-state index in [9.17, 15) is 25.0 Å². The number of benzene rings is 1. The summed E-state index contributed by atoms with van der Waals surface area (Å²) in [5.74, 6) is -0.307. The molecule has 0 aliphatic rings. The molecule has 0 bridgehead atoms. The molecule has 0 fully saturated rings. The monoisotopic (exact) mass is 334 g/mol. The molecule has 0 aliphatic heterocycles. The summed E-state index contributed by atoms with van der Waals surface area (Å²) in [5.41, 5.74) is -0.342. The Bertz CT molecular complexity index is 796. The van der Waals surface area contributed by atoms with Gasteiger partial charge in [0.05, 0.1) is 32.7 Å². The quantitative estimate of drug-likeness (QED) is 0.657. The number of rotatable bonds is 5. The molecule has 0 spiro atoms. The Labute approximate surface area is 134 Å². The van der Waals surface area contributed by atoms with Crippen molar-refractivity contribution in [2.75, 3.05) is 5.32 Å². The molecule has 1 aromatic heterocycles. The van der Waals surface area contributed by atoms with E-state index in [0.29, 0.717) is 10.6 Å². The van der Waals surface area contributed by atoms with Crippen molar-refractivity contribution >= 4 is 34.7 Å². The Morgan fingerprint density at radius 3 is 2.52 bits per heavy atom. The Morgan fingerprint density at radius 2 is 1.91 bits per heavy atom. The third kappa shape index (κ3) is 4.01. The van der Waals surface area contributed by atoms with Crippen LogP contribution in [-0.2, 0) is 4.79 Å². The molecule has 118 valence electrons. The van der Waals surface area contributed by atoms with E-state index >= 15 is 0 Å². The first-order valence-electron chi connectivity index (χ1n) is 6.20. The summed E-state index contributed by atoms with van der Waals surface area (Å²) in [7, 11) is 0. The number of pyridine rings is 1. The summed E-state index contributed by atoms with van der Waals surface area (Å²) in [6.07, 6.45) is 2.89. The number of nitrogens with zero attached hydrogens (tertiary/aromatic N) is 3. The number of nitro groups is 2. The van der Waals surface area contributed by atoms with Crippen molar-refractivity contribution in [2.45, 2.75) is 16.7 Å². The van der Waals surface area contributed by atoms with Gasteiger partial charge in [-0.2, -0.15) is 0 Å². The number of nitrogens with one attached hydrogen (secondary N) is 1. The fraction of sp³-hybridized carbons (Fsp3) is 0.0769. The van der Waals surface area contributed by atoms with E-state index in [1.54, 1.807) is 6.07 Å². The van der Waals surface area contributed by atoms with Gasteiger partial charge in [-0.1, -0.05) is 11.8 Å². The minimum absolute atomic E-state index is 0.221. The predicted octanol–water partition coefficient (Wildman–Crippen LogP) is 3.01. The van der Waals surface area contributed by atoms with Crippen LogP contribution in [0.25, 0.3) is 0 Å². The summed E-state index contributed by atoms with van der Waals surface area (Å²) >= 11 is 1.01. The van der Waals surface area contributed by atoms with Gasteiger partial charge in [0.15, 0.2) is 0 Å². The van der Waals surface area contributed by atoms with Gasteiger partial charge < -0.3 is 5.32 Å². The van der Waals surface area contributed by atoms with Crippen LogP contribution in [0.4, 0.5) is 17.1 Å². The molecule has 9 nitrogen and oxygen atoms in total. The Morgan fingerprint density at radius 1 is 1.17 bits per heavy atom. The molecule has 23 heavy (non-hydrogen) atoms. The number of amides is 1. The highest BCUT2D eigenvalue weighted by molar-refractivity contribution is 7.99. The topological polar surface area (TPSA) is 128 Å². The summed E-state index contributed by atoms with van der Waals surface area (Å²) in [5, 5.41) is 24.4. The molecule has 0 radical (unpaired) electrons. The van der Waals surface area contributed by atoms with Gasteiger partial charge in [-0.15, -0.1) is 0 Å². The number of carbonyl (C=O) groups excluding carboxylic acids is 1. The molecule has 2 rings (SSSR count). The van der Waals surface area contributed by atoms with Gasteiger partial charge in [0.2, 0.25) is 5.91 Å². The van der Waals surface area contributed by atoms with Crippen LogP contribution in [0, 0.1) is 20.2 Å². The van der Waals surface area contributed by atoms with E-state index in [1.807, 2.05) is 0 Å². The van der Waals surface area contributed by atoms with Crippen LogP contribution in [0.3, 0.4) is 0 Å². The second kappa shape index (κ2) is 6.83. The van der Waals surface area contributed by atoms with E-state index in [-0.39, 0.29) is 22.2 Å². The van der Waals surface area contributed by atoms with Crippen molar-refractivity contribution in [3.05, 3.63) is 56.9 Å². The van der Waals surface area contributed by atoms with Crippen LogP contribution in [0.2, 0.25) is 0 Å². The van der Waals surface area contributed by atoms with Gasteiger partial charge in [0.1, 0.15) is 0 Å². The van der Waals surface area contributed by atoms with E-state index in [4.69, 9.17) is 0 Å². The highest BCUT2D eigenvalue weighted by Crippen LogP contribution is 2.39. The maximum absolute atomic E-state index is 11.2. The summed E-state index contributed by atoms with van der Waals surface area (Å²) in [4.78, 5) is 36.3. The third-order valence-electron chi connectivity index (χ3n) is 2.66. The van der Waals surface area contributed by atoms with Crippen LogP contribution >= 0.6 is 11.8 Å². The molecule has 0 saturated carbocycles. The number of anilines is 1. The van der Waals surface area contributed by atoms with E-state index in [0.717, 1.165) is 17.8 Å². The first-order valence-corrected chi connectivity index (χ1v) is 7.02. The normalized spacial score (nSPS) is 10.1. The first kappa shape index (κ1) is 16.4. The third-order valence-corrected chi connectivity index (χ3v) is 3.80. The van der Waals surface area contributed by atoms with Gasteiger partial charge in [0.25, 0.3) is 11.4 Å². The molecule has 1 heterocycles. The molecule has 0 saturated heterocycles. The minimum Gasteiger partial charge on any atom is -0.324 e. The molecular weight excluding hydrogens is 324 g/mol. The van der Waals surface area contributed by atoms with Crippen molar-refractivity contribution < 1.29 is 14.6 Å². The van der Waals surface area contributed by atoms with Gasteiger partial charge in [0, 0.05) is 24.1 Å². The predicted molar refractivity (Wildman–Crippen MR) is 82.4 cm³/mol. The summed E-state index contributed by atoms with van der Waals surface area (Å²) < 4.78 is 0. The summed E-state index contributed by atoms with van der Waals surface area (Å²) in [6, 6.07) is 4.98. The number of nitro benzene ring substituents is 2. The van der Waals surface area contributed by atoms with Crippen LogP contribution in [-0.4, -0.2) is 20.7 Å². The molecule has 0 aliphatic carbocycles. The van der Waals surface area contributed by atoms with E-state index in [1.165, 1.54) is 31.5 Å².